The van der Waals surface area contributed by atoms with Crippen LogP contribution in [0.25, 0.3) is 0 Å². The van der Waals surface area contributed by atoms with Gasteiger partial charge in [-0.3, -0.25) is 14.7 Å². The molecule has 0 aliphatic carbocycles. The van der Waals surface area contributed by atoms with E-state index < -0.39 is 12.1 Å². The van der Waals surface area contributed by atoms with Gasteiger partial charge >= 0.3 is 18.2 Å². The largest absolute Gasteiger partial charge is 0.490 e. The van der Waals surface area contributed by atoms with Crippen molar-refractivity contribution in [2.24, 2.45) is 5.41 Å². The smallest absolute Gasteiger partial charge is 0.475 e. The highest BCUT2D eigenvalue weighted by Crippen LogP contribution is 2.34. The van der Waals surface area contributed by atoms with Crippen molar-refractivity contribution in [3.8, 4) is 0 Å². The SMILES string of the molecule is CC(C)NC(=O)N1CCN(Cc2ccccn2)CC2(CC(=O)N(C)C2)C1.O=C(O)C(F)(F)F. The fourth-order valence-corrected chi connectivity index (χ4v) is 4.03. The second-order valence-corrected chi connectivity index (χ2v) is 8.79. The van der Waals surface area contributed by atoms with Gasteiger partial charge in [-0.25, -0.2) is 9.59 Å². The van der Waals surface area contributed by atoms with Gasteiger partial charge in [0.25, 0.3) is 0 Å². The van der Waals surface area contributed by atoms with E-state index in [1.807, 2.05) is 44.0 Å². The standard InChI is InChI=1S/C19H29N5O2.C2HF3O2/c1-15(2)21-18(26)24-9-8-23(11-16-6-4-5-7-20-16)13-19(14-24)10-17(25)22(3)12-19;3-2(4,5)1(6)7/h4-7,15H,8-14H2,1-3H3,(H,21,26);(H,6,7). The van der Waals surface area contributed by atoms with Gasteiger partial charge in [0.2, 0.25) is 5.91 Å². The van der Waals surface area contributed by atoms with Crippen LogP contribution in [0.15, 0.2) is 24.4 Å². The monoisotopic (exact) mass is 473 g/mol. The maximum atomic E-state index is 12.6. The molecular formula is C21H30F3N5O4. The number of halogens is 3. The molecule has 12 heteroatoms. The van der Waals surface area contributed by atoms with Crippen LogP contribution in [0.4, 0.5) is 18.0 Å². The van der Waals surface area contributed by atoms with Crippen molar-refractivity contribution in [2.75, 3.05) is 39.8 Å². The number of carbonyl (C=O) groups is 3. The number of aromatic nitrogens is 1. The molecule has 184 valence electrons. The number of nitrogens with zero attached hydrogens (tertiary/aromatic N) is 4. The van der Waals surface area contributed by atoms with Gasteiger partial charge in [-0.15, -0.1) is 0 Å². The van der Waals surface area contributed by atoms with E-state index in [1.54, 1.807) is 11.1 Å². The number of amides is 3. The number of rotatable bonds is 3. The lowest BCUT2D eigenvalue weighted by Gasteiger charge is -2.33. The van der Waals surface area contributed by atoms with Gasteiger partial charge in [-0.2, -0.15) is 13.2 Å². The molecule has 0 bridgehead atoms. The van der Waals surface area contributed by atoms with Gasteiger partial charge in [0.15, 0.2) is 0 Å². The highest BCUT2D eigenvalue weighted by molar-refractivity contribution is 5.80. The van der Waals surface area contributed by atoms with E-state index in [-0.39, 0.29) is 23.4 Å². The number of aliphatic carboxylic acids is 1. The molecule has 3 amide bonds. The van der Waals surface area contributed by atoms with E-state index in [9.17, 15) is 22.8 Å². The summed E-state index contributed by atoms with van der Waals surface area (Å²) in [6, 6.07) is 5.98. The Morgan fingerprint density at radius 3 is 2.36 bits per heavy atom. The van der Waals surface area contributed by atoms with Crippen LogP contribution in [0.3, 0.4) is 0 Å². The molecule has 3 rings (SSSR count). The Morgan fingerprint density at radius 2 is 1.88 bits per heavy atom. The van der Waals surface area contributed by atoms with Gasteiger partial charge in [0.05, 0.1) is 5.69 Å². The van der Waals surface area contributed by atoms with Crippen molar-refractivity contribution in [1.29, 1.82) is 0 Å². The van der Waals surface area contributed by atoms with E-state index in [0.29, 0.717) is 26.1 Å². The number of urea groups is 1. The zero-order chi connectivity index (χ0) is 24.8. The molecule has 1 unspecified atom stereocenters. The van der Waals surface area contributed by atoms with Crippen molar-refractivity contribution < 1.29 is 32.7 Å². The number of likely N-dealkylation sites (tertiary alicyclic amines) is 1. The number of carboxylic acids is 1. The molecule has 2 N–H and O–H groups in total. The van der Waals surface area contributed by atoms with Gasteiger partial charge in [0.1, 0.15) is 0 Å². The fraction of sp³-hybridized carbons (Fsp3) is 0.619. The maximum Gasteiger partial charge on any atom is 0.490 e. The van der Waals surface area contributed by atoms with Crippen molar-refractivity contribution in [3.63, 3.8) is 0 Å². The molecule has 1 aromatic rings. The molecular weight excluding hydrogens is 443 g/mol. The molecule has 0 saturated carbocycles. The van der Waals surface area contributed by atoms with Crippen LogP contribution in [0, 0.1) is 5.41 Å². The molecule has 3 heterocycles. The molecule has 9 nitrogen and oxygen atoms in total. The second-order valence-electron chi connectivity index (χ2n) is 8.79. The van der Waals surface area contributed by atoms with E-state index >= 15 is 0 Å². The highest BCUT2D eigenvalue weighted by Gasteiger charge is 2.46. The van der Waals surface area contributed by atoms with Gasteiger partial charge in [-0.1, -0.05) is 6.07 Å². The lowest BCUT2D eigenvalue weighted by molar-refractivity contribution is -0.192. The van der Waals surface area contributed by atoms with E-state index in [1.165, 1.54) is 0 Å². The lowest BCUT2D eigenvalue weighted by atomic mass is 9.86. The second kappa shape index (κ2) is 10.8. The molecule has 1 spiro atoms. The van der Waals surface area contributed by atoms with Crippen molar-refractivity contribution in [3.05, 3.63) is 30.1 Å². The van der Waals surface area contributed by atoms with Crippen molar-refractivity contribution in [2.45, 2.75) is 39.0 Å². The molecule has 2 aliphatic rings. The third-order valence-electron chi connectivity index (χ3n) is 5.35. The first kappa shape index (κ1) is 26.4. The Labute approximate surface area is 190 Å². The number of alkyl halides is 3. The molecule has 2 saturated heterocycles. The molecule has 33 heavy (non-hydrogen) atoms. The first-order valence-electron chi connectivity index (χ1n) is 10.5. The minimum atomic E-state index is -5.08. The summed E-state index contributed by atoms with van der Waals surface area (Å²) >= 11 is 0. The van der Waals surface area contributed by atoms with Crippen LogP contribution in [0.5, 0.6) is 0 Å². The molecule has 2 aliphatic heterocycles. The maximum absolute atomic E-state index is 12.6. The summed E-state index contributed by atoms with van der Waals surface area (Å²) < 4.78 is 31.7. The summed E-state index contributed by atoms with van der Waals surface area (Å²) in [5.41, 5.74) is 0.797. The van der Waals surface area contributed by atoms with Crippen LogP contribution < -0.4 is 5.32 Å². The Hall–Kier alpha value is -2.89. The Morgan fingerprint density at radius 1 is 1.21 bits per heavy atom. The molecule has 0 radical (unpaired) electrons. The number of carbonyl (C=O) groups excluding carboxylic acids is 2. The summed E-state index contributed by atoms with van der Waals surface area (Å²) in [4.78, 5) is 44.2. The Balaban J connectivity index is 0.000000479. The van der Waals surface area contributed by atoms with Crippen LogP contribution in [-0.2, 0) is 16.1 Å². The summed E-state index contributed by atoms with van der Waals surface area (Å²) in [7, 11) is 1.85. The highest BCUT2D eigenvalue weighted by atomic mass is 19.4. The number of hydrogen-bond acceptors (Lipinski definition) is 5. The van der Waals surface area contributed by atoms with Gasteiger partial charge in [-0.05, 0) is 26.0 Å². The first-order chi connectivity index (χ1) is 15.3. The number of pyridine rings is 1. The molecule has 1 aromatic heterocycles. The number of nitrogens with one attached hydrogen (secondary N) is 1. The zero-order valence-electron chi connectivity index (χ0n) is 18.9. The first-order valence-corrected chi connectivity index (χ1v) is 10.5. The third-order valence-corrected chi connectivity index (χ3v) is 5.35. The minimum absolute atomic E-state index is 0.0407. The summed E-state index contributed by atoms with van der Waals surface area (Å²) in [5, 5.41) is 10.1. The summed E-state index contributed by atoms with van der Waals surface area (Å²) in [6.45, 7) is 8.20. The summed E-state index contributed by atoms with van der Waals surface area (Å²) in [6.07, 6.45) is -2.79. The van der Waals surface area contributed by atoms with E-state index in [2.05, 4.69) is 15.2 Å². The Bertz CT molecular complexity index is 837. The number of hydrogen-bond donors (Lipinski definition) is 2. The van der Waals surface area contributed by atoms with Crippen LogP contribution in [-0.4, -0.2) is 94.7 Å². The predicted molar refractivity (Wildman–Crippen MR) is 113 cm³/mol. The fourth-order valence-electron chi connectivity index (χ4n) is 4.03. The molecule has 0 aromatic carbocycles. The normalized spacial score (nSPS) is 21.6. The lowest BCUT2D eigenvalue weighted by Crippen LogP contribution is -2.48. The van der Waals surface area contributed by atoms with Gasteiger partial charge in [0, 0.05) is 70.4 Å². The van der Waals surface area contributed by atoms with E-state index in [4.69, 9.17) is 9.90 Å². The van der Waals surface area contributed by atoms with Crippen molar-refractivity contribution in [1.82, 2.24) is 25.0 Å². The minimum Gasteiger partial charge on any atom is -0.475 e. The van der Waals surface area contributed by atoms with E-state index in [0.717, 1.165) is 25.3 Å². The van der Waals surface area contributed by atoms with Crippen molar-refractivity contribution >= 4 is 17.9 Å². The molecule has 1 atom stereocenters. The van der Waals surface area contributed by atoms with Crippen LogP contribution >= 0.6 is 0 Å². The summed E-state index contributed by atoms with van der Waals surface area (Å²) in [5.74, 6) is -2.60. The molecule has 2 fully saturated rings. The average Bonchev–Trinajstić information content (AvgIpc) is 2.86. The zero-order valence-corrected chi connectivity index (χ0v) is 18.9. The Kier molecular flexibility index (Phi) is 8.64. The number of carboxylic acid groups (broad SMARTS) is 1. The quantitative estimate of drug-likeness (QED) is 0.694. The van der Waals surface area contributed by atoms with Crippen LogP contribution in [0.2, 0.25) is 0 Å². The third kappa shape index (κ3) is 7.88. The average molecular weight is 473 g/mol. The van der Waals surface area contributed by atoms with Crippen LogP contribution in [0.1, 0.15) is 26.0 Å². The predicted octanol–water partition coefficient (Wildman–Crippen LogP) is 1.80. The topological polar surface area (TPSA) is 106 Å². The van der Waals surface area contributed by atoms with Gasteiger partial charge < -0.3 is 20.2 Å².